The van der Waals surface area contributed by atoms with E-state index < -0.39 is 10.0 Å². The first-order valence-electron chi connectivity index (χ1n) is 5.68. The monoisotopic (exact) mass is 259 g/mol. The first kappa shape index (κ1) is 12.1. The smallest absolute Gasteiger partial charge is 0.206 e. The van der Waals surface area contributed by atoms with Gasteiger partial charge in [0, 0.05) is 13.1 Å². The van der Waals surface area contributed by atoms with Gasteiger partial charge in [-0.05, 0) is 36.6 Å². The maximum atomic E-state index is 12.3. The average Bonchev–Trinajstić information content (AvgIpc) is 2.89. The Morgan fingerprint density at radius 2 is 2.25 bits per heavy atom. The van der Waals surface area contributed by atoms with Crippen LogP contribution in [0.1, 0.15) is 26.2 Å². The average molecular weight is 259 g/mol. The Balaban J connectivity index is 2.16. The molecule has 0 bridgehead atoms. The Kier molecular flexibility index (Phi) is 3.66. The molecule has 5 heteroatoms. The van der Waals surface area contributed by atoms with Gasteiger partial charge in [-0.25, -0.2) is 8.42 Å². The molecule has 1 aliphatic rings. The van der Waals surface area contributed by atoms with E-state index in [4.69, 9.17) is 0 Å². The molecule has 1 fully saturated rings. The van der Waals surface area contributed by atoms with Gasteiger partial charge < -0.3 is 0 Å². The van der Waals surface area contributed by atoms with Gasteiger partial charge in [-0.2, -0.15) is 4.31 Å². The van der Waals surface area contributed by atoms with Crippen LogP contribution in [0.15, 0.2) is 21.7 Å². The quantitative estimate of drug-likeness (QED) is 0.787. The summed E-state index contributed by atoms with van der Waals surface area (Å²) in [5, 5.41) is 1.81. The lowest BCUT2D eigenvalue weighted by atomic mass is 10.4. The summed E-state index contributed by atoms with van der Waals surface area (Å²) in [5.74, 6) is 0.598. The lowest BCUT2D eigenvalue weighted by Crippen LogP contribution is -2.33. The van der Waals surface area contributed by atoms with Gasteiger partial charge in [-0.3, -0.25) is 0 Å². The number of hydrogen-bond acceptors (Lipinski definition) is 3. The summed E-state index contributed by atoms with van der Waals surface area (Å²) in [6, 6.07) is 3.48. The van der Waals surface area contributed by atoms with E-state index >= 15 is 0 Å². The third-order valence-corrected chi connectivity index (χ3v) is 5.96. The van der Waals surface area contributed by atoms with Gasteiger partial charge in [0.05, 0.1) is 0 Å². The van der Waals surface area contributed by atoms with Crippen LogP contribution in [0.3, 0.4) is 0 Å². The molecule has 1 aromatic rings. The third kappa shape index (κ3) is 2.64. The molecule has 16 heavy (non-hydrogen) atoms. The topological polar surface area (TPSA) is 37.4 Å². The van der Waals surface area contributed by atoms with Crippen LogP contribution in [0.5, 0.6) is 0 Å². The number of sulfonamides is 1. The van der Waals surface area contributed by atoms with Gasteiger partial charge in [0.25, 0.3) is 10.0 Å². The molecule has 3 nitrogen and oxygen atoms in total. The largest absolute Gasteiger partial charge is 0.252 e. The fraction of sp³-hybridized carbons (Fsp3) is 0.636. The summed E-state index contributed by atoms with van der Waals surface area (Å²) in [4.78, 5) is 0. The van der Waals surface area contributed by atoms with Crippen LogP contribution < -0.4 is 0 Å². The van der Waals surface area contributed by atoms with Crippen molar-refractivity contribution in [3.63, 3.8) is 0 Å². The summed E-state index contributed by atoms with van der Waals surface area (Å²) in [6.45, 7) is 3.36. The van der Waals surface area contributed by atoms with Gasteiger partial charge in [-0.15, -0.1) is 11.3 Å². The molecule has 0 unspecified atom stereocenters. The minimum Gasteiger partial charge on any atom is -0.206 e. The number of rotatable bonds is 6. The van der Waals surface area contributed by atoms with E-state index in [-0.39, 0.29) is 0 Å². The molecule has 90 valence electrons. The van der Waals surface area contributed by atoms with Crippen LogP contribution in [-0.4, -0.2) is 25.8 Å². The zero-order chi connectivity index (χ0) is 11.6. The number of thiophene rings is 1. The van der Waals surface area contributed by atoms with E-state index in [1.54, 1.807) is 16.4 Å². The van der Waals surface area contributed by atoms with Crippen molar-refractivity contribution in [2.45, 2.75) is 30.4 Å². The predicted molar refractivity (Wildman–Crippen MR) is 66.1 cm³/mol. The van der Waals surface area contributed by atoms with Gasteiger partial charge in [0.2, 0.25) is 0 Å². The Hall–Kier alpha value is -0.390. The summed E-state index contributed by atoms with van der Waals surface area (Å²) in [5.41, 5.74) is 0. The Morgan fingerprint density at radius 3 is 2.75 bits per heavy atom. The van der Waals surface area contributed by atoms with Gasteiger partial charge >= 0.3 is 0 Å². The Bertz CT molecular complexity index is 421. The minimum atomic E-state index is -3.22. The molecular formula is C11H17NO2S2. The summed E-state index contributed by atoms with van der Waals surface area (Å²) in [6.07, 6.45) is 3.23. The summed E-state index contributed by atoms with van der Waals surface area (Å²) < 4.78 is 26.7. The second kappa shape index (κ2) is 4.85. The molecule has 0 N–H and O–H groups in total. The molecule has 0 radical (unpaired) electrons. The maximum Gasteiger partial charge on any atom is 0.252 e. The molecule has 2 rings (SSSR count). The van der Waals surface area contributed by atoms with Crippen LogP contribution in [0.4, 0.5) is 0 Å². The van der Waals surface area contributed by atoms with E-state index in [0.29, 0.717) is 23.2 Å². The Labute approximate surface area is 101 Å². The molecule has 0 aromatic carbocycles. The van der Waals surface area contributed by atoms with Crippen molar-refractivity contribution < 1.29 is 8.42 Å². The zero-order valence-corrected chi connectivity index (χ0v) is 11.1. The highest BCUT2D eigenvalue weighted by Crippen LogP contribution is 2.32. The van der Waals surface area contributed by atoms with Gasteiger partial charge in [-0.1, -0.05) is 13.0 Å². The molecule has 1 aliphatic carbocycles. The molecular weight excluding hydrogens is 242 g/mol. The number of nitrogens with zero attached hydrogens (tertiary/aromatic N) is 1. The normalized spacial score (nSPS) is 16.9. The molecule has 0 aliphatic heterocycles. The minimum absolute atomic E-state index is 0.474. The molecule has 1 aromatic heterocycles. The Morgan fingerprint density at radius 1 is 1.50 bits per heavy atom. The van der Waals surface area contributed by atoms with Gasteiger partial charge in [0.1, 0.15) is 4.21 Å². The fourth-order valence-corrected chi connectivity index (χ4v) is 4.44. The van der Waals surface area contributed by atoms with E-state index in [0.717, 1.165) is 6.42 Å². The summed E-state index contributed by atoms with van der Waals surface area (Å²) >= 11 is 1.30. The molecule has 0 spiro atoms. The lowest BCUT2D eigenvalue weighted by molar-refractivity contribution is 0.397. The van der Waals surface area contributed by atoms with E-state index in [1.807, 2.05) is 12.3 Å². The molecule has 1 heterocycles. The van der Waals surface area contributed by atoms with Crippen molar-refractivity contribution >= 4 is 21.4 Å². The van der Waals surface area contributed by atoms with Crippen molar-refractivity contribution in [2.75, 3.05) is 13.1 Å². The van der Waals surface area contributed by atoms with Crippen LogP contribution in [0, 0.1) is 5.92 Å². The first-order chi connectivity index (χ1) is 7.64. The van der Waals surface area contributed by atoms with Crippen molar-refractivity contribution in [1.29, 1.82) is 0 Å². The molecule has 0 atom stereocenters. The standard InChI is InChI=1S/C11H17NO2S2/c1-2-7-12(9-10-5-6-10)16(13,14)11-4-3-8-15-11/h3-4,8,10H,2,5-7,9H2,1H3. The highest BCUT2D eigenvalue weighted by atomic mass is 32.2. The highest BCUT2D eigenvalue weighted by molar-refractivity contribution is 7.91. The lowest BCUT2D eigenvalue weighted by Gasteiger charge is -2.20. The van der Waals surface area contributed by atoms with E-state index in [2.05, 4.69) is 0 Å². The fourth-order valence-electron chi connectivity index (χ4n) is 1.68. The van der Waals surface area contributed by atoms with Crippen LogP contribution in [0.2, 0.25) is 0 Å². The maximum absolute atomic E-state index is 12.3. The summed E-state index contributed by atoms with van der Waals surface area (Å²) in [7, 11) is -3.22. The van der Waals surface area contributed by atoms with Crippen molar-refractivity contribution in [3.05, 3.63) is 17.5 Å². The third-order valence-electron chi connectivity index (χ3n) is 2.72. The first-order valence-corrected chi connectivity index (χ1v) is 8.00. The molecule has 1 saturated carbocycles. The molecule has 0 saturated heterocycles. The second-order valence-electron chi connectivity index (χ2n) is 4.24. The van der Waals surface area contributed by atoms with E-state index in [9.17, 15) is 8.42 Å². The second-order valence-corrected chi connectivity index (χ2v) is 7.35. The van der Waals surface area contributed by atoms with E-state index in [1.165, 1.54) is 24.2 Å². The van der Waals surface area contributed by atoms with Crippen molar-refractivity contribution in [2.24, 2.45) is 5.92 Å². The van der Waals surface area contributed by atoms with Crippen LogP contribution >= 0.6 is 11.3 Å². The molecule has 0 amide bonds. The highest BCUT2D eigenvalue weighted by Gasteiger charge is 2.31. The number of hydrogen-bond donors (Lipinski definition) is 0. The van der Waals surface area contributed by atoms with Crippen LogP contribution in [0.25, 0.3) is 0 Å². The van der Waals surface area contributed by atoms with Gasteiger partial charge in [0.15, 0.2) is 0 Å². The predicted octanol–water partition coefficient (Wildman–Crippen LogP) is 2.56. The van der Waals surface area contributed by atoms with Crippen LogP contribution in [-0.2, 0) is 10.0 Å². The van der Waals surface area contributed by atoms with Crippen molar-refractivity contribution in [3.8, 4) is 0 Å². The SMILES string of the molecule is CCCN(CC1CC1)S(=O)(=O)c1cccs1. The zero-order valence-electron chi connectivity index (χ0n) is 9.43. The van der Waals surface area contributed by atoms with Crippen molar-refractivity contribution in [1.82, 2.24) is 4.31 Å².